The second-order valence-corrected chi connectivity index (χ2v) is 7.00. The summed E-state index contributed by atoms with van der Waals surface area (Å²) in [6.45, 7) is 2.02. The molecule has 4 aliphatic carbocycles. The Morgan fingerprint density at radius 1 is 1.16 bits per heavy atom. The van der Waals surface area contributed by atoms with Gasteiger partial charge in [-0.2, -0.15) is 0 Å². The molecule has 19 heavy (non-hydrogen) atoms. The number of urea groups is 1. The Morgan fingerprint density at radius 3 is 2.26 bits per heavy atom. The molecule has 4 saturated carbocycles. The van der Waals surface area contributed by atoms with Crippen LogP contribution in [0.5, 0.6) is 0 Å². The summed E-state index contributed by atoms with van der Waals surface area (Å²) in [4.78, 5) is 13.8. The molecule has 0 atom stereocenters. The smallest absolute Gasteiger partial charge is 0.317 e. The Kier molecular flexibility index (Phi) is 3.70. The molecule has 0 saturated heterocycles. The van der Waals surface area contributed by atoms with Crippen LogP contribution in [-0.4, -0.2) is 37.6 Å². The molecule has 0 aromatic rings. The van der Waals surface area contributed by atoms with Crippen LogP contribution in [0.2, 0.25) is 0 Å². The Bertz CT molecular complexity index is 316. The largest absolute Gasteiger partial charge is 0.337 e. The molecule has 4 heteroatoms. The molecule has 0 aliphatic heterocycles. The Hall–Kier alpha value is -0.770. The van der Waals surface area contributed by atoms with Gasteiger partial charge in [-0.1, -0.05) is 0 Å². The van der Waals surface area contributed by atoms with Gasteiger partial charge in [0.15, 0.2) is 0 Å². The third kappa shape index (κ3) is 2.60. The van der Waals surface area contributed by atoms with Gasteiger partial charge in [-0.15, -0.1) is 0 Å². The molecular formula is C15H27N3O. The van der Waals surface area contributed by atoms with E-state index in [4.69, 9.17) is 5.73 Å². The first-order valence-corrected chi connectivity index (χ1v) is 7.86. The third-order valence-electron chi connectivity index (χ3n) is 5.67. The summed E-state index contributed by atoms with van der Waals surface area (Å²) in [7, 11) is 1.93. The number of hydrogen-bond donors (Lipinski definition) is 2. The first-order chi connectivity index (χ1) is 9.17. The summed E-state index contributed by atoms with van der Waals surface area (Å²) < 4.78 is 0. The molecule has 0 unspecified atom stereocenters. The summed E-state index contributed by atoms with van der Waals surface area (Å²) in [5.41, 5.74) is 5.42. The minimum atomic E-state index is 0.0410. The van der Waals surface area contributed by atoms with Crippen LogP contribution < -0.4 is 11.1 Å². The summed E-state index contributed by atoms with van der Waals surface area (Å²) >= 11 is 0. The van der Waals surface area contributed by atoms with Gasteiger partial charge in [0.2, 0.25) is 0 Å². The van der Waals surface area contributed by atoms with E-state index in [1.54, 1.807) is 0 Å². The van der Waals surface area contributed by atoms with E-state index in [1.807, 2.05) is 11.9 Å². The molecule has 0 heterocycles. The number of hydrogen-bond acceptors (Lipinski definition) is 2. The number of amides is 2. The van der Waals surface area contributed by atoms with Crippen molar-refractivity contribution in [3.63, 3.8) is 0 Å². The third-order valence-corrected chi connectivity index (χ3v) is 5.67. The molecule has 2 amide bonds. The number of rotatable bonds is 4. The van der Waals surface area contributed by atoms with E-state index in [0.29, 0.717) is 13.1 Å². The summed E-state index contributed by atoms with van der Waals surface area (Å²) in [5, 5.41) is 2.87. The van der Waals surface area contributed by atoms with Crippen LogP contribution in [0.4, 0.5) is 4.79 Å². The number of carbonyl (C=O) groups excluding carboxylic acids is 1. The Labute approximate surface area is 116 Å². The van der Waals surface area contributed by atoms with Gasteiger partial charge in [0.05, 0.1) is 0 Å². The number of nitrogens with zero attached hydrogens (tertiary/aromatic N) is 1. The highest BCUT2D eigenvalue weighted by Crippen LogP contribution is 2.56. The van der Waals surface area contributed by atoms with Crippen LogP contribution in [0, 0.1) is 29.6 Å². The zero-order valence-corrected chi connectivity index (χ0v) is 12.0. The molecular weight excluding hydrogens is 238 g/mol. The van der Waals surface area contributed by atoms with Crippen LogP contribution in [0.25, 0.3) is 0 Å². The van der Waals surface area contributed by atoms with Crippen molar-refractivity contribution in [2.45, 2.75) is 32.1 Å². The average molecular weight is 265 g/mol. The molecule has 0 spiro atoms. The van der Waals surface area contributed by atoms with Crippen molar-refractivity contribution in [1.82, 2.24) is 10.2 Å². The van der Waals surface area contributed by atoms with Crippen LogP contribution in [-0.2, 0) is 0 Å². The van der Waals surface area contributed by atoms with Crippen molar-refractivity contribution in [1.29, 1.82) is 0 Å². The first kappa shape index (κ1) is 13.2. The Morgan fingerprint density at radius 2 is 1.74 bits per heavy atom. The molecule has 4 bridgehead atoms. The number of nitrogens with one attached hydrogen (secondary N) is 1. The molecule has 3 N–H and O–H groups in total. The van der Waals surface area contributed by atoms with Crippen LogP contribution in [0.1, 0.15) is 32.1 Å². The number of nitrogens with two attached hydrogens (primary N) is 1. The van der Waals surface area contributed by atoms with E-state index in [1.165, 1.54) is 32.1 Å². The van der Waals surface area contributed by atoms with Crippen LogP contribution >= 0.6 is 0 Å². The quantitative estimate of drug-likeness (QED) is 0.812. The van der Waals surface area contributed by atoms with E-state index in [-0.39, 0.29) is 6.03 Å². The maximum Gasteiger partial charge on any atom is 0.317 e. The molecule has 4 nitrogen and oxygen atoms in total. The standard InChI is InChI=1S/C15H27N3O/c1-18(15(19)17-3-2-16)9-14-12-5-10-4-11(7-12)8-13(14)6-10/h10-14H,2-9,16H2,1H3,(H,17,19). The van der Waals surface area contributed by atoms with Crippen molar-refractivity contribution < 1.29 is 4.79 Å². The van der Waals surface area contributed by atoms with Gasteiger partial charge in [0.1, 0.15) is 0 Å². The monoisotopic (exact) mass is 265 g/mol. The summed E-state index contributed by atoms with van der Waals surface area (Å²) in [6.07, 6.45) is 7.20. The molecule has 4 fully saturated rings. The lowest BCUT2D eigenvalue weighted by atomic mass is 9.52. The fourth-order valence-electron chi connectivity index (χ4n) is 5.05. The highest BCUT2D eigenvalue weighted by molar-refractivity contribution is 5.73. The molecule has 4 aliphatic rings. The van der Waals surface area contributed by atoms with Crippen molar-refractivity contribution in [2.75, 3.05) is 26.7 Å². The van der Waals surface area contributed by atoms with E-state index in [2.05, 4.69) is 5.32 Å². The van der Waals surface area contributed by atoms with Gasteiger partial charge in [0.25, 0.3) is 0 Å². The van der Waals surface area contributed by atoms with Crippen molar-refractivity contribution in [3.8, 4) is 0 Å². The topological polar surface area (TPSA) is 58.4 Å². The van der Waals surface area contributed by atoms with E-state index in [0.717, 1.165) is 36.1 Å². The van der Waals surface area contributed by atoms with E-state index >= 15 is 0 Å². The lowest BCUT2D eigenvalue weighted by molar-refractivity contribution is -0.0431. The maximum atomic E-state index is 11.9. The highest BCUT2D eigenvalue weighted by Gasteiger charge is 2.48. The molecule has 0 radical (unpaired) electrons. The van der Waals surface area contributed by atoms with Gasteiger partial charge >= 0.3 is 6.03 Å². The molecule has 108 valence electrons. The number of carbonyl (C=O) groups is 1. The highest BCUT2D eigenvalue weighted by atomic mass is 16.2. The lowest BCUT2D eigenvalue weighted by Gasteiger charge is -2.55. The summed E-state index contributed by atoms with van der Waals surface area (Å²) in [5.74, 6) is 4.55. The lowest BCUT2D eigenvalue weighted by Crippen LogP contribution is -2.50. The van der Waals surface area contributed by atoms with Gasteiger partial charge in [-0.05, 0) is 61.7 Å². The predicted octanol–water partition coefficient (Wildman–Crippen LogP) is 1.66. The second-order valence-electron chi connectivity index (χ2n) is 7.00. The molecule has 4 rings (SSSR count). The fraction of sp³-hybridized carbons (Fsp3) is 0.933. The minimum absolute atomic E-state index is 0.0410. The normalized spacial score (nSPS) is 39.4. The first-order valence-electron chi connectivity index (χ1n) is 7.86. The second kappa shape index (κ2) is 5.31. The average Bonchev–Trinajstić information content (AvgIpc) is 2.39. The van der Waals surface area contributed by atoms with Crippen LogP contribution in [0.15, 0.2) is 0 Å². The van der Waals surface area contributed by atoms with Gasteiger partial charge in [-0.3, -0.25) is 0 Å². The zero-order valence-electron chi connectivity index (χ0n) is 12.0. The van der Waals surface area contributed by atoms with Crippen molar-refractivity contribution in [3.05, 3.63) is 0 Å². The minimum Gasteiger partial charge on any atom is -0.337 e. The van der Waals surface area contributed by atoms with Crippen LogP contribution in [0.3, 0.4) is 0 Å². The van der Waals surface area contributed by atoms with Crippen molar-refractivity contribution >= 4 is 6.03 Å². The van der Waals surface area contributed by atoms with Gasteiger partial charge < -0.3 is 16.0 Å². The fourth-order valence-corrected chi connectivity index (χ4v) is 5.05. The Balaban J connectivity index is 1.56. The van der Waals surface area contributed by atoms with Gasteiger partial charge in [0, 0.05) is 26.7 Å². The van der Waals surface area contributed by atoms with Crippen molar-refractivity contribution in [2.24, 2.45) is 35.3 Å². The van der Waals surface area contributed by atoms with E-state index < -0.39 is 0 Å². The zero-order chi connectivity index (χ0) is 13.4. The molecule has 0 aromatic heterocycles. The molecule has 0 aromatic carbocycles. The summed E-state index contributed by atoms with van der Waals surface area (Å²) in [6, 6.07) is 0.0410. The van der Waals surface area contributed by atoms with Gasteiger partial charge in [-0.25, -0.2) is 4.79 Å². The predicted molar refractivity (Wildman–Crippen MR) is 75.6 cm³/mol. The maximum absolute atomic E-state index is 11.9. The van der Waals surface area contributed by atoms with E-state index in [9.17, 15) is 4.79 Å². The SMILES string of the molecule is CN(CC1C2CC3CC(C2)CC1C3)C(=O)NCCN.